The van der Waals surface area contributed by atoms with E-state index in [1.807, 2.05) is 35.3 Å². The van der Waals surface area contributed by atoms with Crippen molar-refractivity contribution in [1.82, 2.24) is 35.3 Å². The Hall–Kier alpha value is -3.39. The van der Waals surface area contributed by atoms with Crippen LogP contribution in [0.5, 0.6) is 0 Å². The molecule has 5 rings (SSSR count). The van der Waals surface area contributed by atoms with Gasteiger partial charge in [-0.1, -0.05) is 13.8 Å². The number of hydrogen-bond acceptors (Lipinski definition) is 7. The summed E-state index contributed by atoms with van der Waals surface area (Å²) in [6.45, 7) is 6.28. The van der Waals surface area contributed by atoms with Gasteiger partial charge in [-0.2, -0.15) is 10.2 Å². The van der Waals surface area contributed by atoms with E-state index in [2.05, 4.69) is 57.0 Å². The molecule has 8 heteroatoms. The predicted molar refractivity (Wildman–Crippen MR) is 117 cm³/mol. The number of nitrogens with one attached hydrogen (secondary N) is 2. The van der Waals surface area contributed by atoms with E-state index in [0.717, 1.165) is 47.2 Å². The summed E-state index contributed by atoms with van der Waals surface area (Å²) in [6.07, 6.45) is 8.77. The molecule has 0 saturated carbocycles. The molecule has 8 nitrogen and oxygen atoms in total. The van der Waals surface area contributed by atoms with Crippen LogP contribution in [-0.4, -0.2) is 43.0 Å². The highest BCUT2D eigenvalue weighted by atomic mass is 15.3. The van der Waals surface area contributed by atoms with E-state index in [9.17, 15) is 0 Å². The van der Waals surface area contributed by atoms with E-state index in [1.54, 1.807) is 6.20 Å². The summed E-state index contributed by atoms with van der Waals surface area (Å²) in [5.41, 5.74) is 4.85. The van der Waals surface area contributed by atoms with E-state index in [-0.39, 0.29) is 0 Å². The van der Waals surface area contributed by atoms with Crippen LogP contribution >= 0.6 is 0 Å². The Bertz CT molecular complexity index is 1180. The third kappa shape index (κ3) is 3.73. The first-order valence-electron chi connectivity index (χ1n) is 10.3. The number of rotatable bonds is 5. The predicted octanol–water partition coefficient (Wildman–Crippen LogP) is 3.68. The fraction of sp³-hybridized carbons (Fsp3) is 0.318. The van der Waals surface area contributed by atoms with Crippen molar-refractivity contribution in [2.45, 2.75) is 32.2 Å². The fourth-order valence-electron chi connectivity index (χ4n) is 3.68. The third-order valence-electron chi connectivity index (χ3n) is 5.48. The van der Waals surface area contributed by atoms with Crippen LogP contribution in [0, 0.1) is 0 Å². The lowest BCUT2D eigenvalue weighted by molar-refractivity contribution is 0.491. The van der Waals surface area contributed by atoms with Crippen LogP contribution in [-0.2, 0) is 0 Å². The second-order valence-corrected chi connectivity index (χ2v) is 7.97. The average Bonchev–Trinajstić information content (AvgIpc) is 3.45. The molecule has 0 radical (unpaired) electrons. The summed E-state index contributed by atoms with van der Waals surface area (Å²) < 4.78 is 2.05. The summed E-state index contributed by atoms with van der Waals surface area (Å²) >= 11 is 0. The summed E-state index contributed by atoms with van der Waals surface area (Å²) in [5.74, 6) is 1.78. The van der Waals surface area contributed by atoms with E-state index < -0.39 is 0 Å². The van der Waals surface area contributed by atoms with Crippen LogP contribution in [0.15, 0.2) is 49.1 Å². The van der Waals surface area contributed by atoms with Gasteiger partial charge in [0.2, 0.25) is 0 Å². The minimum absolute atomic E-state index is 0.387. The fourth-order valence-corrected chi connectivity index (χ4v) is 3.68. The van der Waals surface area contributed by atoms with E-state index in [4.69, 9.17) is 4.98 Å². The Morgan fingerprint density at radius 2 is 2.00 bits per heavy atom. The van der Waals surface area contributed by atoms with Crippen molar-refractivity contribution in [2.24, 2.45) is 0 Å². The highest BCUT2D eigenvalue weighted by Crippen LogP contribution is 2.25. The van der Waals surface area contributed by atoms with Gasteiger partial charge in [-0.3, -0.25) is 9.67 Å². The molecule has 0 spiro atoms. The van der Waals surface area contributed by atoms with Crippen LogP contribution in [0.25, 0.3) is 22.2 Å². The molecule has 4 aromatic rings. The van der Waals surface area contributed by atoms with Crippen molar-refractivity contribution in [2.75, 3.05) is 18.4 Å². The van der Waals surface area contributed by atoms with Crippen molar-refractivity contribution in [3.8, 4) is 11.1 Å². The second kappa shape index (κ2) is 7.79. The minimum atomic E-state index is 0.387. The molecule has 4 aromatic heterocycles. The monoisotopic (exact) mass is 400 g/mol. The quantitative estimate of drug-likeness (QED) is 0.528. The Labute approximate surface area is 174 Å². The van der Waals surface area contributed by atoms with Crippen LogP contribution < -0.4 is 10.6 Å². The van der Waals surface area contributed by atoms with Crippen molar-refractivity contribution in [3.05, 3.63) is 54.6 Å². The molecule has 2 N–H and O–H groups in total. The van der Waals surface area contributed by atoms with Gasteiger partial charge in [-0.05, 0) is 48.7 Å². The zero-order valence-corrected chi connectivity index (χ0v) is 17.1. The van der Waals surface area contributed by atoms with Gasteiger partial charge in [0.1, 0.15) is 5.82 Å². The van der Waals surface area contributed by atoms with Crippen LogP contribution in [0.2, 0.25) is 0 Å². The van der Waals surface area contributed by atoms with Gasteiger partial charge in [0.05, 0.1) is 29.5 Å². The lowest BCUT2D eigenvalue weighted by Crippen LogP contribution is -2.13. The van der Waals surface area contributed by atoms with Crippen molar-refractivity contribution < 1.29 is 0 Å². The molecule has 152 valence electrons. The largest absolute Gasteiger partial charge is 0.323 e. The lowest BCUT2D eigenvalue weighted by Gasteiger charge is -2.09. The maximum Gasteiger partial charge on any atom is 0.154 e. The molecular formula is C22H24N8. The number of fused-ring (bicyclic) bond motifs is 1. The van der Waals surface area contributed by atoms with E-state index >= 15 is 0 Å². The number of anilines is 2. The first-order chi connectivity index (χ1) is 14.7. The number of nitrogens with zero attached hydrogens (tertiary/aromatic N) is 6. The summed E-state index contributed by atoms with van der Waals surface area (Å²) in [6, 6.07) is 8.34. The number of aromatic nitrogens is 6. The van der Waals surface area contributed by atoms with Crippen molar-refractivity contribution in [1.29, 1.82) is 0 Å². The topological polar surface area (TPSA) is 93.4 Å². The third-order valence-corrected chi connectivity index (χ3v) is 5.48. The molecule has 1 aliphatic rings. The number of hydrogen-bond donors (Lipinski definition) is 2. The Morgan fingerprint density at radius 3 is 2.83 bits per heavy atom. The van der Waals surface area contributed by atoms with Crippen molar-refractivity contribution >= 4 is 22.7 Å². The highest BCUT2D eigenvalue weighted by Gasteiger charge is 2.17. The minimum Gasteiger partial charge on any atom is -0.323 e. The average molecular weight is 400 g/mol. The Kier molecular flexibility index (Phi) is 4.84. The molecule has 1 atom stereocenters. The van der Waals surface area contributed by atoms with Gasteiger partial charge in [0, 0.05) is 30.1 Å². The second-order valence-electron chi connectivity index (χ2n) is 7.97. The first-order valence-corrected chi connectivity index (χ1v) is 10.3. The van der Waals surface area contributed by atoms with E-state index in [0.29, 0.717) is 23.6 Å². The first kappa shape index (κ1) is 18.6. The molecule has 5 heterocycles. The summed E-state index contributed by atoms with van der Waals surface area (Å²) in [7, 11) is 0. The van der Waals surface area contributed by atoms with Crippen molar-refractivity contribution in [3.63, 3.8) is 0 Å². The summed E-state index contributed by atoms with van der Waals surface area (Å²) in [4.78, 5) is 9.32. The zero-order chi connectivity index (χ0) is 20.5. The molecule has 0 aromatic carbocycles. The van der Waals surface area contributed by atoms with Crippen LogP contribution in [0.3, 0.4) is 0 Å². The molecule has 1 fully saturated rings. The molecular weight excluding hydrogens is 376 g/mol. The molecule has 30 heavy (non-hydrogen) atoms. The van der Waals surface area contributed by atoms with Gasteiger partial charge < -0.3 is 10.6 Å². The van der Waals surface area contributed by atoms with Gasteiger partial charge >= 0.3 is 0 Å². The molecule has 0 aliphatic carbocycles. The van der Waals surface area contributed by atoms with Crippen LogP contribution in [0.4, 0.5) is 11.6 Å². The molecule has 1 unspecified atom stereocenters. The Morgan fingerprint density at radius 1 is 1.07 bits per heavy atom. The van der Waals surface area contributed by atoms with E-state index in [1.165, 1.54) is 0 Å². The molecule has 1 aliphatic heterocycles. The SMILES string of the molecule is CC(C)c1cnnc(Nc2ccc3ncc(-c4cnn(C5CCNC5)c4)cc3n2)c1. The van der Waals surface area contributed by atoms with Crippen LogP contribution in [0.1, 0.15) is 37.8 Å². The van der Waals surface area contributed by atoms with Gasteiger partial charge in [0.15, 0.2) is 5.82 Å². The maximum atomic E-state index is 4.74. The molecule has 1 saturated heterocycles. The zero-order valence-electron chi connectivity index (χ0n) is 17.1. The van der Waals surface area contributed by atoms with Gasteiger partial charge in [0.25, 0.3) is 0 Å². The highest BCUT2D eigenvalue weighted by molar-refractivity contribution is 5.81. The normalized spacial score (nSPS) is 16.4. The Balaban J connectivity index is 1.42. The standard InChI is InChI=1S/C22H24N8/c1-14(2)15-8-22(29-25-10-15)28-21-4-3-19-20(27-21)7-16(9-24-19)17-11-26-30(13-17)18-5-6-23-12-18/h3-4,7-11,13-14,18,23H,5-6,12H2,1-2H3,(H,27,28,29). The smallest absolute Gasteiger partial charge is 0.154 e. The summed E-state index contributed by atoms with van der Waals surface area (Å²) in [5, 5.41) is 19.4. The maximum absolute atomic E-state index is 4.74. The van der Waals surface area contributed by atoms with Gasteiger partial charge in [-0.15, -0.1) is 5.10 Å². The molecule has 0 amide bonds. The lowest BCUT2D eigenvalue weighted by atomic mass is 10.1. The molecule has 0 bridgehead atoms. The number of pyridine rings is 2. The van der Waals surface area contributed by atoms with Gasteiger partial charge in [-0.25, -0.2) is 4.98 Å².